The number of nitrogens with one attached hydrogen (secondary N) is 2. The molecule has 0 saturated heterocycles. The van der Waals surface area contributed by atoms with Crippen molar-refractivity contribution in [3.05, 3.63) is 29.8 Å². The minimum atomic E-state index is -1.14. The highest BCUT2D eigenvalue weighted by atomic mass is 16.6. The average molecular weight is 365 g/mol. The van der Waals surface area contributed by atoms with Crippen molar-refractivity contribution in [2.45, 2.75) is 45.8 Å². The van der Waals surface area contributed by atoms with Gasteiger partial charge in [-0.15, -0.1) is 0 Å². The van der Waals surface area contributed by atoms with Crippen LogP contribution in [0.25, 0.3) is 0 Å². The molecule has 1 aromatic carbocycles. The normalized spacial score (nSPS) is 12.0. The van der Waals surface area contributed by atoms with Gasteiger partial charge in [0.15, 0.2) is 0 Å². The molecule has 0 aromatic heterocycles. The van der Waals surface area contributed by atoms with Crippen LogP contribution in [0.2, 0.25) is 0 Å². The Morgan fingerprint density at radius 2 is 1.92 bits per heavy atom. The zero-order valence-corrected chi connectivity index (χ0v) is 15.8. The van der Waals surface area contributed by atoms with Crippen LogP contribution in [0.15, 0.2) is 24.3 Å². The lowest BCUT2D eigenvalue weighted by Crippen LogP contribution is -2.46. The van der Waals surface area contributed by atoms with Gasteiger partial charge >= 0.3 is 18.1 Å². The van der Waals surface area contributed by atoms with Gasteiger partial charge in [0.05, 0.1) is 0 Å². The summed E-state index contributed by atoms with van der Waals surface area (Å²) in [5, 5.41) is 14.8. The molecular weight excluding hydrogens is 338 g/mol. The number of amides is 3. The summed E-state index contributed by atoms with van der Waals surface area (Å²) in [6.07, 6.45) is -0.628. The first kappa shape index (κ1) is 21.3. The second kappa shape index (κ2) is 9.07. The Balaban J connectivity index is 2.89. The van der Waals surface area contributed by atoms with Crippen LogP contribution in [0.1, 0.15) is 33.3 Å². The van der Waals surface area contributed by atoms with Crippen molar-refractivity contribution in [2.75, 3.05) is 18.9 Å². The standard InChI is InChI=1S/C18H27N3O5/c1-6-19-16(24)20-13-9-7-8-12(10-13)11-14(15(22)23)21(5)17(25)26-18(2,3)4/h7-10,14H,6,11H2,1-5H3,(H,22,23)(H2,19,20,24)/t14-/m1/s1. The number of aliphatic carboxylic acids is 1. The van der Waals surface area contributed by atoms with Crippen LogP contribution in [0, 0.1) is 0 Å². The monoisotopic (exact) mass is 365 g/mol. The van der Waals surface area contributed by atoms with E-state index in [9.17, 15) is 19.5 Å². The van der Waals surface area contributed by atoms with Crippen LogP contribution in [-0.2, 0) is 16.0 Å². The number of anilines is 1. The fraction of sp³-hybridized carbons (Fsp3) is 0.500. The molecular formula is C18H27N3O5. The summed E-state index contributed by atoms with van der Waals surface area (Å²) in [5.41, 5.74) is 0.491. The van der Waals surface area contributed by atoms with Gasteiger partial charge in [0, 0.05) is 25.7 Å². The fourth-order valence-electron chi connectivity index (χ4n) is 2.19. The largest absolute Gasteiger partial charge is 0.480 e. The molecule has 144 valence electrons. The highest BCUT2D eigenvalue weighted by Gasteiger charge is 2.30. The van der Waals surface area contributed by atoms with E-state index in [2.05, 4.69) is 10.6 Å². The molecule has 3 N–H and O–H groups in total. The molecule has 1 rings (SSSR count). The van der Waals surface area contributed by atoms with Gasteiger partial charge in [-0.1, -0.05) is 12.1 Å². The number of nitrogens with zero attached hydrogens (tertiary/aromatic N) is 1. The van der Waals surface area contributed by atoms with Crippen LogP contribution >= 0.6 is 0 Å². The second-order valence-corrected chi connectivity index (χ2v) is 6.83. The lowest BCUT2D eigenvalue weighted by molar-refractivity contribution is -0.142. The maximum Gasteiger partial charge on any atom is 0.410 e. The Bertz CT molecular complexity index is 654. The fourth-order valence-corrected chi connectivity index (χ4v) is 2.19. The van der Waals surface area contributed by atoms with Crippen LogP contribution in [0.5, 0.6) is 0 Å². The van der Waals surface area contributed by atoms with Gasteiger partial charge in [-0.3, -0.25) is 4.90 Å². The van der Waals surface area contributed by atoms with Crippen molar-refractivity contribution in [3.8, 4) is 0 Å². The molecule has 0 unspecified atom stereocenters. The molecule has 0 spiro atoms. The molecule has 3 amide bonds. The SMILES string of the molecule is CCNC(=O)Nc1cccc(C[C@H](C(=O)O)N(C)C(=O)OC(C)(C)C)c1. The quantitative estimate of drug-likeness (QED) is 0.718. The number of carboxylic acid groups (broad SMARTS) is 1. The molecule has 0 radical (unpaired) electrons. The Morgan fingerprint density at radius 3 is 2.46 bits per heavy atom. The smallest absolute Gasteiger partial charge is 0.410 e. The van der Waals surface area contributed by atoms with Crippen LogP contribution in [-0.4, -0.2) is 53.3 Å². The average Bonchev–Trinajstić information content (AvgIpc) is 2.50. The Hall–Kier alpha value is -2.77. The summed E-state index contributed by atoms with van der Waals surface area (Å²) < 4.78 is 5.23. The lowest BCUT2D eigenvalue weighted by Gasteiger charge is -2.28. The summed E-state index contributed by atoms with van der Waals surface area (Å²) in [6.45, 7) is 7.44. The van der Waals surface area contributed by atoms with E-state index in [1.54, 1.807) is 52.0 Å². The minimum absolute atomic E-state index is 0.0794. The van der Waals surface area contributed by atoms with Gasteiger partial charge in [-0.2, -0.15) is 0 Å². The van der Waals surface area contributed by atoms with E-state index in [-0.39, 0.29) is 12.5 Å². The van der Waals surface area contributed by atoms with E-state index in [0.29, 0.717) is 17.8 Å². The van der Waals surface area contributed by atoms with Gasteiger partial charge in [-0.05, 0) is 45.4 Å². The van der Waals surface area contributed by atoms with E-state index < -0.39 is 23.7 Å². The van der Waals surface area contributed by atoms with Crippen molar-refractivity contribution in [1.29, 1.82) is 0 Å². The number of rotatable bonds is 6. The molecule has 8 nitrogen and oxygen atoms in total. The predicted octanol–water partition coefficient (Wildman–Crippen LogP) is 2.69. The molecule has 26 heavy (non-hydrogen) atoms. The highest BCUT2D eigenvalue weighted by Crippen LogP contribution is 2.16. The van der Waals surface area contributed by atoms with Crippen molar-refractivity contribution in [1.82, 2.24) is 10.2 Å². The second-order valence-electron chi connectivity index (χ2n) is 6.83. The number of ether oxygens (including phenoxy) is 1. The molecule has 0 bridgehead atoms. The predicted molar refractivity (Wildman–Crippen MR) is 98.3 cm³/mol. The Kier molecular flexibility index (Phi) is 7.42. The number of hydrogen-bond donors (Lipinski definition) is 3. The van der Waals surface area contributed by atoms with Crippen molar-refractivity contribution in [3.63, 3.8) is 0 Å². The molecule has 0 heterocycles. The third-order valence-electron chi connectivity index (χ3n) is 3.39. The van der Waals surface area contributed by atoms with Crippen LogP contribution in [0.3, 0.4) is 0 Å². The Morgan fingerprint density at radius 1 is 1.27 bits per heavy atom. The minimum Gasteiger partial charge on any atom is -0.480 e. The van der Waals surface area contributed by atoms with Crippen molar-refractivity contribution in [2.24, 2.45) is 0 Å². The summed E-state index contributed by atoms with van der Waals surface area (Å²) in [7, 11) is 1.39. The summed E-state index contributed by atoms with van der Waals surface area (Å²) in [4.78, 5) is 36.5. The zero-order valence-electron chi connectivity index (χ0n) is 15.8. The van der Waals surface area contributed by atoms with E-state index in [1.165, 1.54) is 7.05 Å². The molecule has 0 aliphatic rings. The molecule has 0 aliphatic carbocycles. The molecule has 1 aromatic rings. The third-order valence-corrected chi connectivity index (χ3v) is 3.39. The molecule has 0 aliphatic heterocycles. The topological polar surface area (TPSA) is 108 Å². The van der Waals surface area contributed by atoms with Crippen LogP contribution in [0.4, 0.5) is 15.3 Å². The van der Waals surface area contributed by atoms with Crippen molar-refractivity contribution < 1.29 is 24.2 Å². The number of carbonyl (C=O) groups excluding carboxylic acids is 2. The Labute approximate surface area is 153 Å². The van der Waals surface area contributed by atoms with E-state index in [0.717, 1.165) is 4.90 Å². The summed E-state index contributed by atoms with van der Waals surface area (Å²) >= 11 is 0. The number of urea groups is 1. The zero-order chi connectivity index (χ0) is 19.9. The summed E-state index contributed by atoms with van der Waals surface area (Å²) in [6, 6.07) is 5.39. The number of carbonyl (C=O) groups is 3. The van der Waals surface area contributed by atoms with E-state index >= 15 is 0 Å². The first-order chi connectivity index (χ1) is 12.0. The first-order valence-corrected chi connectivity index (χ1v) is 8.36. The maximum absolute atomic E-state index is 12.2. The molecule has 0 saturated carbocycles. The highest BCUT2D eigenvalue weighted by molar-refractivity contribution is 5.89. The van der Waals surface area contributed by atoms with Gasteiger partial charge < -0.3 is 20.5 Å². The van der Waals surface area contributed by atoms with Crippen molar-refractivity contribution >= 4 is 23.8 Å². The maximum atomic E-state index is 12.2. The van der Waals surface area contributed by atoms with Gasteiger partial charge in [0.25, 0.3) is 0 Å². The molecule has 1 atom stereocenters. The number of carboxylic acids is 1. The van der Waals surface area contributed by atoms with Gasteiger partial charge in [-0.25, -0.2) is 14.4 Å². The van der Waals surface area contributed by atoms with E-state index in [1.807, 2.05) is 0 Å². The number of hydrogen-bond acceptors (Lipinski definition) is 4. The molecule has 0 fully saturated rings. The summed E-state index contributed by atoms with van der Waals surface area (Å²) in [5.74, 6) is -1.14. The first-order valence-electron chi connectivity index (χ1n) is 8.36. The van der Waals surface area contributed by atoms with Gasteiger partial charge in [0.1, 0.15) is 11.6 Å². The van der Waals surface area contributed by atoms with Crippen LogP contribution < -0.4 is 10.6 Å². The van der Waals surface area contributed by atoms with E-state index in [4.69, 9.17) is 4.74 Å². The lowest BCUT2D eigenvalue weighted by atomic mass is 10.0. The number of likely N-dealkylation sites (N-methyl/N-ethyl adjacent to an activating group) is 1. The third kappa shape index (κ3) is 7.00. The molecule has 8 heteroatoms. The number of benzene rings is 1. The van der Waals surface area contributed by atoms with Gasteiger partial charge in [0.2, 0.25) is 0 Å².